The Morgan fingerprint density at radius 1 is 1.31 bits per heavy atom. The summed E-state index contributed by atoms with van der Waals surface area (Å²) in [6.07, 6.45) is 4.20. The van der Waals surface area contributed by atoms with Gasteiger partial charge in [-0.2, -0.15) is 0 Å². The number of benzene rings is 1. The predicted octanol–water partition coefficient (Wildman–Crippen LogP) is 2.69. The van der Waals surface area contributed by atoms with E-state index in [0.717, 1.165) is 37.2 Å². The number of hydrogen-bond donors (Lipinski definition) is 0. The first-order valence-electron chi connectivity index (χ1n) is 8.86. The number of ether oxygens (including phenoxy) is 1. The van der Waals surface area contributed by atoms with Crippen LogP contribution in [0.25, 0.3) is 0 Å². The van der Waals surface area contributed by atoms with Crippen molar-refractivity contribution in [1.82, 2.24) is 14.8 Å². The molecule has 2 saturated heterocycles. The number of rotatable bonds is 3. The molecular formula is C20H22ClN3O2. The van der Waals surface area contributed by atoms with E-state index in [1.165, 1.54) is 0 Å². The number of likely N-dealkylation sites (tertiary alicyclic amines) is 1. The van der Waals surface area contributed by atoms with E-state index in [1.54, 1.807) is 12.4 Å². The average Bonchev–Trinajstić information content (AvgIpc) is 2.67. The van der Waals surface area contributed by atoms with Crippen LogP contribution in [-0.4, -0.2) is 53.5 Å². The molecule has 0 bridgehead atoms. The highest BCUT2D eigenvalue weighted by Crippen LogP contribution is 2.42. The Hall–Kier alpha value is -1.95. The van der Waals surface area contributed by atoms with E-state index >= 15 is 0 Å². The molecule has 0 saturated carbocycles. The van der Waals surface area contributed by atoms with Crippen molar-refractivity contribution in [3.63, 3.8) is 0 Å². The van der Waals surface area contributed by atoms with Crippen molar-refractivity contribution in [2.24, 2.45) is 0 Å². The fraction of sp³-hybridized carbons (Fsp3) is 0.400. The van der Waals surface area contributed by atoms with Crippen LogP contribution in [0.4, 0.5) is 0 Å². The van der Waals surface area contributed by atoms with Crippen LogP contribution in [0.1, 0.15) is 17.5 Å². The van der Waals surface area contributed by atoms with Crippen molar-refractivity contribution in [2.75, 3.05) is 26.7 Å². The second-order valence-corrected chi connectivity index (χ2v) is 7.40. The maximum Gasteiger partial charge on any atom is 0.249 e. The van der Waals surface area contributed by atoms with E-state index in [4.69, 9.17) is 16.3 Å². The molecule has 136 valence electrons. The molecule has 0 spiro atoms. The molecule has 0 radical (unpaired) electrons. The van der Waals surface area contributed by atoms with Crippen molar-refractivity contribution < 1.29 is 9.53 Å². The van der Waals surface area contributed by atoms with Gasteiger partial charge < -0.3 is 9.64 Å². The van der Waals surface area contributed by atoms with Gasteiger partial charge >= 0.3 is 0 Å². The van der Waals surface area contributed by atoms with E-state index < -0.39 is 5.54 Å². The lowest BCUT2D eigenvalue weighted by Crippen LogP contribution is -2.66. The standard InChI is InChI=1S/C20H22ClN3O2/c1-23-19(25)14-26-18-13-24(12-15-7-9-22-11-17(15)21)10-8-20(18,23)16-5-3-2-4-6-16/h2-7,9,11,18H,8,10,12-14H2,1H3/t18-,20+/m1/s1. The van der Waals surface area contributed by atoms with Crippen LogP contribution in [0.2, 0.25) is 5.02 Å². The number of fused-ring (bicyclic) bond motifs is 1. The number of halogens is 1. The summed E-state index contributed by atoms with van der Waals surface area (Å²) in [5.74, 6) is 0.0377. The summed E-state index contributed by atoms with van der Waals surface area (Å²) in [5.41, 5.74) is 1.80. The third-order valence-corrected chi connectivity index (χ3v) is 6.01. The van der Waals surface area contributed by atoms with Crippen LogP contribution >= 0.6 is 11.6 Å². The number of piperidine rings is 1. The first-order valence-corrected chi connectivity index (χ1v) is 9.23. The van der Waals surface area contributed by atoms with Gasteiger partial charge in [0.1, 0.15) is 6.61 Å². The van der Waals surface area contributed by atoms with Crippen LogP contribution in [0, 0.1) is 0 Å². The lowest BCUT2D eigenvalue weighted by molar-refractivity contribution is -0.183. The molecule has 1 aromatic carbocycles. The minimum Gasteiger partial charge on any atom is -0.364 e. The zero-order valence-electron chi connectivity index (χ0n) is 14.8. The molecule has 0 aliphatic carbocycles. The highest BCUT2D eigenvalue weighted by molar-refractivity contribution is 6.31. The first-order chi connectivity index (χ1) is 12.6. The van der Waals surface area contributed by atoms with Gasteiger partial charge in [-0.05, 0) is 23.6 Å². The van der Waals surface area contributed by atoms with Gasteiger partial charge in [0.05, 0.1) is 16.7 Å². The minimum absolute atomic E-state index is 0.0377. The Bertz CT molecular complexity index is 801. The Labute approximate surface area is 158 Å². The number of pyridine rings is 1. The first kappa shape index (κ1) is 17.5. The Morgan fingerprint density at radius 3 is 2.88 bits per heavy atom. The molecule has 5 nitrogen and oxygen atoms in total. The SMILES string of the molecule is CN1C(=O)CO[C@@H]2CN(Cc3ccncc3Cl)CC[C@]21c1ccccc1. The van der Waals surface area contributed by atoms with E-state index in [0.29, 0.717) is 5.02 Å². The van der Waals surface area contributed by atoms with Gasteiger partial charge in [0.15, 0.2) is 0 Å². The monoisotopic (exact) mass is 371 g/mol. The molecule has 2 aliphatic rings. The molecule has 2 atom stereocenters. The Kier molecular flexibility index (Phi) is 4.69. The maximum atomic E-state index is 12.4. The average molecular weight is 372 g/mol. The molecule has 4 rings (SSSR count). The summed E-state index contributed by atoms with van der Waals surface area (Å²) in [7, 11) is 1.90. The van der Waals surface area contributed by atoms with Crippen LogP contribution in [0.3, 0.4) is 0 Å². The summed E-state index contributed by atoms with van der Waals surface area (Å²) in [4.78, 5) is 20.7. The van der Waals surface area contributed by atoms with Crippen LogP contribution in [0.5, 0.6) is 0 Å². The molecule has 2 fully saturated rings. The lowest BCUT2D eigenvalue weighted by atomic mass is 9.76. The van der Waals surface area contributed by atoms with Crippen molar-refractivity contribution in [2.45, 2.75) is 24.6 Å². The van der Waals surface area contributed by atoms with Gasteiger partial charge in [-0.25, -0.2) is 0 Å². The fourth-order valence-corrected chi connectivity index (χ4v) is 4.38. The summed E-state index contributed by atoms with van der Waals surface area (Å²) in [6.45, 7) is 2.51. The minimum atomic E-state index is -0.408. The number of hydrogen-bond acceptors (Lipinski definition) is 4. The number of carbonyl (C=O) groups is 1. The third-order valence-electron chi connectivity index (χ3n) is 5.67. The summed E-state index contributed by atoms with van der Waals surface area (Å²) < 4.78 is 6.04. The highest BCUT2D eigenvalue weighted by Gasteiger charge is 2.52. The van der Waals surface area contributed by atoms with E-state index in [-0.39, 0.29) is 18.6 Å². The topological polar surface area (TPSA) is 45.7 Å². The highest BCUT2D eigenvalue weighted by atomic mass is 35.5. The van der Waals surface area contributed by atoms with Gasteiger partial charge in [0.2, 0.25) is 5.91 Å². The third kappa shape index (κ3) is 2.90. The largest absolute Gasteiger partial charge is 0.364 e. The number of morpholine rings is 1. The molecule has 6 heteroatoms. The molecule has 3 heterocycles. The number of carbonyl (C=O) groups excluding carboxylic acids is 1. The molecule has 1 aromatic heterocycles. The zero-order chi connectivity index (χ0) is 18.1. The second kappa shape index (κ2) is 6.99. The van der Waals surface area contributed by atoms with Crippen molar-refractivity contribution in [3.8, 4) is 0 Å². The Morgan fingerprint density at radius 2 is 2.12 bits per heavy atom. The smallest absolute Gasteiger partial charge is 0.249 e. The lowest BCUT2D eigenvalue weighted by Gasteiger charge is -2.55. The summed E-state index contributed by atoms with van der Waals surface area (Å²) >= 11 is 6.27. The Balaban J connectivity index is 1.62. The fourth-order valence-electron chi connectivity index (χ4n) is 4.20. The van der Waals surface area contributed by atoms with Crippen LogP contribution in [0.15, 0.2) is 48.8 Å². The molecule has 1 amide bonds. The van der Waals surface area contributed by atoms with Crippen LogP contribution < -0.4 is 0 Å². The van der Waals surface area contributed by atoms with Crippen LogP contribution in [-0.2, 0) is 21.6 Å². The zero-order valence-corrected chi connectivity index (χ0v) is 15.5. The molecular weight excluding hydrogens is 350 g/mol. The summed E-state index contributed by atoms with van der Waals surface area (Å²) in [6, 6.07) is 12.2. The summed E-state index contributed by atoms with van der Waals surface area (Å²) in [5, 5.41) is 0.684. The molecule has 0 N–H and O–H groups in total. The maximum absolute atomic E-state index is 12.4. The van der Waals surface area contributed by atoms with E-state index in [1.807, 2.05) is 36.2 Å². The second-order valence-electron chi connectivity index (χ2n) is 6.99. The number of nitrogens with zero attached hydrogens (tertiary/aromatic N) is 3. The number of aromatic nitrogens is 1. The van der Waals surface area contributed by atoms with Gasteiger partial charge in [-0.1, -0.05) is 41.9 Å². The number of likely N-dealkylation sites (N-methyl/N-ethyl adjacent to an activating group) is 1. The van der Waals surface area contributed by atoms with Crippen molar-refractivity contribution >= 4 is 17.5 Å². The normalized spacial score (nSPS) is 26.6. The molecule has 0 unspecified atom stereocenters. The molecule has 26 heavy (non-hydrogen) atoms. The molecule has 2 aromatic rings. The van der Waals surface area contributed by atoms with E-state index in [9.17, 15) is 4.79 Å². The number of amides is 1. The quantitative estimate of drug-likeness (QED) is 0.832. The van der Waals surface area contributed by atoms with Crippen molar-refractivity contribution in [1.29, 1.82) is 0 Å². The predicted molar refractivity (Wildman–Crippen MR) is 99.8 cm³/mol. The van der Waals surface area contributed by atoms with Gasteiger partial charge in [0, 0.05) is 39.1 Å². The van der Waals surface area contributed by atoms with Crippen molar-refractivity contribution in [3.05, 3.63) is 64.9 Å². The van der Waals surface area contributed by atoms with Gasteiger partial charge in [-0.3, -0.25) is 14.7 Å². The van der Waals surface area contributed by atoms with E-state index in [2.05, 4.69) is 22.0 Å². The van der Waals surface area contributed by atoms with Gasteiger partial charge in [-0.15, -0.1) is 0 Å². The van der Waals surface area contributed by atoms with Gasteiger partial charge in [0.25, 0.3) is 0 Å². The molecule has 2 aliphatic heterocycles.